The quantitative estimate of drug-likeness (QED) is 0.589. The molecule has 2 atom stereocenters. The average Bonchev–Trinajstić information content (AvgIpc) is 2.84. The Morgan fingerprint density at radius 1 is 1.00 bits per heavy atom. The third kappa shape index (κ3) is 4.60. The van der Waals surface area contributed by atoms with Gasteiger partial charge < -0.3 is 9.47 Å². The number of nitrogens with one attached hydrogen (secondary N) is 1. The Bertz CT molecular complexity index is 1040. The van der Waals surface area contributed by atoms with E-state index in [1.54, 1.807) is 6.20 Å². The second kappa shape index (κ2) is 9.40. The molecule has 0 aliphatic carbocycles. The summed E-state index contributed by atoms with van der Waals surface area (Å²) in [5.74, 6) is 1.68. The molecule has 6 nitrogen and oxygen atoms in total. The summed E-state index contributed by atoms with van der Waals surface area (Å²) in [6.45, 7) is 2.12. The molecule has 3 aliphatic heterocycles. The predicted octanol–water partition coefficient (Wildman–Crippen LogP) is 5.13. The highest BCUT2D eigenvalue weighted by Crippen LogP contribution is 2.36. The first-order valence-corrected chi connectivity index (χ1v) is 11.2. The van der Waals surface area contributed by atoms with Crippen molar-refractivity contribution in [2.75, 3.05) is 18.4 Å². The average molecular weight is 430 g/mol. The van der Waals surface area contributed by atoms with E-state index >= 15 is 0 Å². The van der Waals surface area contributed by atoms with Crippen molar-refractivity contribution in [1.29, 1.82) is 0 Å². The van der Waals surface area contributed by atoms with Gasteiger partial charge in [0, 0.05) is 18.3 Å². The Hall–Kier alpha value is -3.38. The number of piperidine rings is 3. The second-order valence-electron chi connectivity index (χ2n) is 8.41. The third-order valence-electron chi connectivity index (χ3n) is 6.39. The molecule has 0 saturated carbocycles. The lowest BCUT2D eigenvalue weighted by Gasteiger charge is -2.50. The summed E-state index contributed by atoms with van der Waals surface area (Å²) >= 11 is 0. The van der Waals surface area contributed by atoms with Gasteiger partial charge in [-0.2, -0.15) is 0 Å². The fourth-order valence-corrected chi connectivity index (χ4v) is 4.82. The van der Waals surface area contributed by atoms with Crippen LogP contribution in [0.2, 0.25) is 0 Å². The van der Waals surface area contributed by atoms with Crippen molar-refractivity contribution in [2.24, 2.45) is 5.92 Å². The Kier molecular flexibility index (Phi) is 6.03. The highest BCUT2D eigenvalue weighted by atomic mass is 16.6. The van der Waals surface area contributed by atoms with Crippen molar-refractivity contribution in [3.8, 4) is 11.5 Å². The van der Waals surface area contributed by atoms with Crippen LogP contribution in [0.1, 0.15) is 18.4 Å². The van der Waals surface area contributed by atoms with Gasteiger partial charge in [0.15, 0.2) is 5.75 Å². The third-order valence-corrected chi connectivity index (χ3v) is 6.39. The Morgan fingerprint density at radius 2 is 1.78 bits per heavy atom. The summed E-state index contributed by atoms with van der Waals surface area (Å²) in [7, 11) is 0. The van der Waals surface area contributed by atoms with E-state index in [1.165, 1.54) is 5.56 Å². The smallest absolute Gasteiger partial charge is 0.412 e. The molecule has 2 aromatic carbocycles. The minimum atomic E-state index is -0.441. The summed E-state index contributed by atoms with van der Waals surface area (Å²) in [4.78, 5) is 19.6. The van der Waals surface area contributed by atoms with Crippen molar-refractivity contribution in [3.05, 3.63) is 84.7 Å². The van der Waals surface area contributed by atoms with Crippen LogP contribution in [0.25, 0.3) is 0 Å². The number of amides is 1. The number of nitrogens with zero attached hydrogens (tertiary/aromatic N) is 2. The van der Waals surface area contributed by atoms with Gasteiger partial charge in [0.05, 0.1) is 11.7 Å². The van der Waals surface area contributed by atoms with Crippen molar-refractivity contribution in [1.82, 2.24) is 9.88 Å². The van der Waals surface area contributed by atoms with Gasteiger partial charge in [-0.1, -0.05) is 36.4 Å². The molecule has 0 radical (unpaired) electrons. The normalized spacial score (nSPS) is 24.0. The fraction of sp³-hybridized carbons (Fsp3) is 0.308. The maximum Gasteiger partial charge on any atom is 0.412 e. The van der Waals surface area contributed by atoms with E-state index in [4.69, 9.17) is 9.47 Å². The van der Waals surface area contributed by atoms with E-state index in [0.29, 0.717) is 23.1 Å². The number of para-hydroxylation sites is 3. The number of anilines is 1. The molecule has 0 spiro atoms. The molecule has 32 heavy (non-hydrogen) atoms. The van der Waals surface area contributed by atoms with Gasteiger partial charge in [0.25, 0.3) is 0 Å². The molecule has 6 rings (SSSR count). The maximum absolute atomic E-state index is 12.9. The topological polar surface area (TPSA) is 63.7 Å². The van der Waals surface area contributed by atoms with Crippen LogP contribution < -0.4 is 10.1 Å². The van der Waals surface area contributed by atoms with Crippen LogP contribution in [0.3, 0.4) is 0 Å². The zero-order valence-corrected chi connectivity index (χ0v) is 17.9. The molecule has 6 heteroatoms. The number of rotatable bonds is 6. The van der Waals surface area contributed by atoms with E-state index in [1.807, 2.05) is 66.9 Å². The lowest BCUT2D eigenvalue weighted by molar-refractivity contribution is -0.0741. The molecule has 3 saturated heterocycles. The molecule has 3 fully saturated rings. The molecule has 2 unspecified atom stereocenters. The van der Waals surface area contributed by atoms with Crippen LogP contribution in [0.15, 0.2) is 79.1 Å². The van der Waals surface area contributed by atoms with Gasteiger partial charge in [-0.25, -0.2) is 4.79 Å². The predicted molar refractivity (Wildman–Crippen MR) is 123 cm³/mol. The summed E-state index contributed by atoms with van der Waals surface area (Å²) < 4.78 is 12.0. The number of aromatic nitrogens is 1. The minimum absolute atomic E-state index is 0.139. The van der Waals surface area contributed by atoms with Crippen LogP contribution in [-0.4, -0.2) is 41.2 Å². The molecular formula is C26H27N3O3. The number of carbonyl (C=O) groups is 1. The molecule has 3 aromatic rings. The van der Waals surface area contributed by atoms with Gasteiger partial charge in [0.2, 0.25) is 0 Å². The standard InChI is InChI=1S/C26H27N3O3/c30-26(28-22-10-4-5-11-24(22)31-21-8-2-1-3-9-21)32-25-20-12-15-29(16-13-20)23(25)17-19-7-6-14-27-18-19/h1-11,14,18,20,23,25H,12-13,15-17H2,(H,28,30). The van der Waals surface area contributed by atoms with E-state index in [-0.39, 0.29) is 12.1 Å². The summed E-state index contributed by atoms with van der Waals surface area (Å²) in [5, 5.41) is 2.90. The van der Waals surface area contributed by atoms with Crippen LogP contribution in [0, 0.1) is 5.92 Å². The number of ether oxygens (including phenoxy) is 2. The maximum atomic E-state index is 12.9. The van der Waals surface area contributed by atoms with Gasteiger partial charge in [0.1, 0.15) is 11.9 Å². The number of benzene rings is 2. The van der Waals surface area contributed by atoms with Gasteiger partial charge in [-0.05, 0) is 68.2 Å². The molecule has 1 aromatic heterocycles. The summed E-state index contributed by atoms with van der Waals surface area (Å²) in [5.41, 5.74) is 1.76. The highest BCUT2D eigenvalue weighted by Gasteiger charge is 2.44. The molecule has 1 N–H and O–H groups in total. The van der Waals surface area contributed by atoms with Crippen LogP contribution in [0.5, 0.6) is 11.5 Å². The lowest BCUT2D eigenvalue weighted by atomic mass is 9.78. The fourth-order valence-electron chi connectivity index (χ4n) is 4.82. The van der Waals surface area contributed by atoms with Crippen molar-refractivity contribution in [2.45, 2.75) is 31.4 Å². The monoisotopic (exact) mass is 429 g/mol. The first-order valence-electron chi connectivity index (χ1n) is 11.2. The number of pyridine rings is 1. The largest absolute Gasteiger partial charge is 0.455 e. The van der Waals surface area contributed by atoms with Gasteiger partial charge >= 0.3 is 6.09 Å². The van der Waals surface area contributed by atoms with Crippen LogP contribution in [0.4, 0.5) is 10.5 Å². The van der Waals surface area contributed by atoms with E-state index in [2.05, 4.69) is 21.3 Å². The number of carbonyl (C=O) groups excluding carboxylic acids is 1. The van der Waals surface area contributed by atoms with Crippen LogP contribution in [-0.2, 0) is 11.2 Å². The Morgan fingerprint density at radius 3 is 2.56 bits per heavy atom. The molecule has 4 heterocycles. The Labute approximate surface area is 188 Å². The van der Waals surface area contributed by atoms with Crippen LogP contribution >= 0.6 is 0 Å². The van der Waals surface area contributed by atoms with E-state index in [9.17, 15) is 4.79 Å². The van der Waals surface area contributed by atoms with Crippen molar-refractivity contribution >= 4 is 11.8 Å². The number of hydrogen-bond acceptors (Lipinski definition) is 5. The minimum Gasteiger partial charge on any atom is -0.455 e. The molecule has 3 aliphatic rings. The van der Waals surface area contributed by atoms with Gasteiger partial charge in [-0.3, -0.25) is 15.2 Å². The first-order chi connectivity index (χ1) is 15.8. The summed E-state index contributed by atoms with van der Waals surface area (Å²) in [6, 6.07) is 21.1. The number of fused-ring (bicyclic) bond motifs is 3. The zero-order chi connectivity index (χ0) is 21.8. The second-order valence-corrected chi connectivity index (χ2v) is 8.41. The van der Waals surface area contributed by atoms with Crippen molar-refractivity contribution in [3.63, 3.8) is 0 Å². The SMILES string of the molecule is O=C(Nc1ccccc1Oc1ccccc1)OC1C2CCN(CC2)C1Cc1cccnc1. The Balaban J connectivity index is 1.29. The number of hydrogen-bond donors (Lipinski definition) is 1. The van der Waals surface area contributed by atoms with Gasteiger partial charge in [-0.15, -0.1) is 0 Å². The van der Waals surface area contributed by atoms with E-state index in [0.717, 1.165) is 32.4 Å². The summed E-state index contributed by atoms with van der Waals surface area (Å²) in [6.07, 6.45) is 6.06. The zero-order valence-electron chi connectivity index (χ0n) is 17.9. The molecule has 2 bridgehead atoms. The van der Waals surface area contributed by atoms with E-state index < -0.39 is 6.09 Å². The van der Waals surface area contributed by atoms with Crippen molar-refractivity contribution < 1.29 is 14.3 Å². The highest BCUT2D eigenvalue weighted by molar-refractivity contribution is 5.87. The molecule has 1 amide bonds. The molecule has 164 valence electrons. The molecular weight excluding hydrogens is 402 g/mol. The lowest BCUT2D eigenvalue weighted by Crippen LogP contribution is -2.60. The first kappa shape index (κ1) is 20.5.